The van der Waals surface area contributed by atoms with Crippen LogP contribution in [0.1, 0.15) is 28.2 Å². The lowest BCUT2D eigenvalue weighted by molar-refractivity contribution is -0.114. The molecule has 3 rings (SSSR count). The van der Waals surface area contributed by atoms with E-state index in [1.165, 1.54) is 6.08 Å². The zero-order chi connectivity index (χ0) is 17.1. The second kappa shape index (κ2) is 6.66. The van der Waals surface area contributed by atoms with Gasteiger partial charge in [0.25, 0.3) is 5.91 Å². The Morgan fingerprint density at radius 1 is 1.42 bits per heavy atom. The third-order valence-corrected chi connectivity index (χ3v) is 4.15. The van der Waals surface area contributed by atoms with Crippen molar-refractivity contribution < 1.29 is 9.59 Å². The van der Waals surface area contributed by atoms with Crippen molar-refractivity contribution in [3.05, 3.63) is 54.1 Å². The summed E-state index contributed by atoms with van der Waals surface area (Å²) in [6, 6.07) is 5.45. The molecule has 0 saturated heterocycles. The highest BCUT2D eigenvalue weighted by atomic mass is 16.2. The summed E-state index contributed by atoms with van der Waals surface area (Å²) in [5, 5.41) is 10.6. The minimum atomic E-state index is -0.178. The summed E-state index contributed by atoms with van der Waals surface area (Å²) < 4.78 is 1.76. The monoisotopic (exact) mass is 325 g/mol. The zero-order valence-corrected chi connectivity index (χ0v) is 13.5. The van der Waals surface area contributed by atoms with Gasteiger partial charge in [-0.1, -0.05) is 12.6 Å². The average Bonchev–Trinajstić information content (AvgIpc) is 3.02. The summed E-state index contributed by atoms with van der Waals surface area (Å²) >= 11 is 0. The van der Waals surface area contributed by atoms with E-state index in [0.717, 1.165) is 24.1 Å². The molecule has 0 saturated carbocycles. The highest BCUT2D eigenvalue weighted by Crippen LogP contribution is 2.30. The van der Waals surface area contributed by atoms with E-state index in [-0.39, 0.29) is 11.8 Å². The SMILES string of the molecule is C=CC(=O)N1CCCc2c(C(=O)NCc3nncn3C)cccc21. The molecule has 2 amide bonds. The number of aryl methyl sites for hydroxylation is 1. The largest absolute Gasteiger partial charge is 0.345 e. The molecule has 0 unspecified atom stereocenters. The summed E-state index contributed by atoms with van der Waals surface area (Å²) in [6.07, 6.45) is 4.48. The predicted molar refractivity (Wildman–Crippen MR) is 89.5 cm³/mol. The van der Waals surface area contributed by atoms with Crippen LogP contribution in [0, 0.1) is 0 Å². The van der Waals surface area contributed by atoms with Crippen molar-refractivity contribution in [2.24, 2.45) is 7.05 Å². The molecule has 1 aliphatic rings. The van der Waals surface area contributed by atoms with Crippen LogP contribution in [-0.4, -0.2) is 33.1 Å². The molecule has 0 atom stereocenters. The first-order chi connectivity index (χ1) is 11.6. The number of nitrogens with one attached hydrogen (secondary N) is 1. The molecule has 2 heterocycles. The Morgan fingerprint density at radius 3 is 2.96 bits per heavy atom. The first-order valence-corrected chi connectivity index (χ1v) is 7.78. The minimum absolute atomic E-state index is 0.146. The maximum atomic E-state index is 12.6. The summed E-state index contributed by atoms with van der Waals surface area (Å²) in [5.74, 6) is 0.354. The van der Waals surface area contributed by atoms with Crippen LogP contribution in [0.4, 0.5) is 5.69 Å². The maximum Gasteiger partial charge on any atom is 0.252 e. The maximum absolute atomic E-state index is 12.6. The van der Waals surface area contributed by atoms with Crippen LogP contribution in [0.5, 0.6) is 0 Å². The fourth-order valence-electron chi connectivity index (χ4n) is 2.90. The van der Waals surface area contributed by atoms with Crippen LogP contribution in [0.3, 0.4) is 0 Å². The molecular weight excluding hydrogens is 306 g/mol. The van der Waals surface area contributed by atoms with Crippen LogP contribution < -0.4 is 10.2 Å². The highest BCUT2D eigenvalue weighted by molar-refractivity contribution is 6.04. The average molecular weight is 325 g/mol. The van der Waals surface area contributed by atoms with Crippen LogP contribution in [0.15, 0.2) is 37.2 Å². The molecule has 0 bridgehead atoms. The van der Waals surface area contributed by atoms with Crippen LogP contribution in [0.25, 0.3) is 0 Å². The molecule has 0 aliphatic carbocycles. The van der Waals surface area contributed by atoms with E-state index in [4.69, 9.17) is 0 Å². The van der Waals surface area contributed by atoms with Gasteiger partial charge in [0.1, 0.15) is 6.33 Å². The van der Waals surface area contributed by atoms with Gasteiger partial charge in [-0.3, -0.25) is 9.59 Å². The van der Waals surface area contributed by atoms with Crippen molar-refractivity contribution in [1.29, 1.82) is 0 Å². The van der Waals surface area contributed by atoms with Crippen molar-refractivity contribution in [1.82, 2.24) is 20.1 Å². The number of amides is 2. The van der Waals surface area contributed by atoms with Crippen LogP contribution in [0.2, 0.25) is 0 Å². The van der Waals surface area contributed by atoms with E-state index < -0.39 is 0 Å². The lowest BCUT2D eigenvalue weighted by atomic mass is 9.95. The third-order valence-electron chi connectivity index (χ3n) is 4.15. The van der Waals surface area contributed by atoms with E-state index in [9.17, 15) is 9.59 Å². The Bertz CT molecular complexity index is 796. The predicted octanol–water partition coefficient (Wildman–Crippen LogP) is 1.21. The number of hydrogen-bond donors (Lipinski definition) is 1. The van der Waals surface area contributed by atoms with Gasteiger partial charge in [0.2, 0.25) is 5.91 Å². The van der Waals surface area contributed by atoms with Crippen molar-refractivity contribution in [3.8, 4) is 0 Å². The van der Waals surface area contributed by atoms with Gasteiger partial charge in [-0.2, -0.15) is 0 Å². The lowest BCUT2D eigenvalue weighted by Crippen LogP contribution is -2.35. The van der Waals surface area contributed by atoms with Gasteiger partial charge in [-0.15, -0.1) is 10.2 Å². The Morgan fingerprint density at radius 2 is 2.25 bits per heavy atom. The zero-order valence-electron chi connectivity index (χ0n) is 13.5. The fraction of sp³-hybridized carbons (Fsp3) is 0.294. The number of carbonyl (C=O) groups excluding carboxylic acids is 2. The Labute approximate surface area is 140 Å². The van der Waals surface area contributed by atoms with Crippen molar-refractivity contribution in [2.45, 2.75) is 19.4 Å². The molecule has 0 radical (unpaired) electrons. The minimum Gasteiger partial charge on any atom is -0.345 e. The topological polar surface area (TPSA) is 80.1 Å². The number of anilines is 1. The number of nitrogens with zero attached hydrogens (tertiary/aromatic N) is 4. The molecule has 1 N–H and O–H groups in total. The number of fused-ring (bicyclic) bond motifs is 1. The Kier molecular flexibility index (Phi) is 4.41. The van der Waals surface area contributed by atoms with Crippen molar-refractivity contribution in [3.63, 3.8) is 0 Å². The summed E-state index contributed by atoms with van der Waals surface area (Å²) in [5.41, 5.74) is 2.28. The van der Waals surface area contributed by atoms with Crippen molar-refractivity contribution in [2.75, 3.05) is 11.4 Å². The van der Waals surface area contributed by atoms with Gasteiger partial charge in [0, 0.05) is 24.8 Å². The standard InChI is InChI=1S/C17H19N5O2/c1-3-16(23)22-9-5-7-12-13(6-4-8-14(12)22)17(24)18-10-15-20-19-11-21(15)2/h3-4,6,8,11H,1,5,7,9-10H2,2H3,(H,18,24). The molecule has 124 valence electrons. The second-order valence-electron chi connectivity index (χ2n) is 5.64. The molecule has 2 aromatic rings. The number of rotatable bonds is 4. The molecule has 24 heavy (non-hydrogen) atoms. The van der Waals surface area contributed by atoms with Crippen LogP contribution in [-0.2, 0) is 24.8 Å². The van der Waals surface area contributed by atoms with E-state index in [1.54, 1.807) is 27.9 Å². The number of hydrogen-bond acceptors (Lipinski definition) is 4. The number of carbonyl (C=O) groups is 2. The van der Waals surface area contributed by atoms with Crippen LogP contribution >= 0.6 is 0 Å². The highest BCUT2D eigenvalue weighted by Gasteiger charge is 2.24. The molecule has 0 spiro atoms. The molecule has 0 fully saturated rings. The third kappa shape index (κ3) is 2.92. The van der Waals surface area contributed by atoms with Gasteiger partial charge < -0.3 is 14.8 Å². The van der Waals surface area contributed by atoms with Gasteiger partial charge in [-0.25, -0.2) is 0 Å². The lowest BCUT2D eigenvalue weighted by Gasteiger charge is -2.29. The normalized spacial score (nSPS) is 13.3. The Balaban J connectivity index is 1.84. The first-order valence-electron chi connectivity index (χ1n) is 7.78. The number of aromatic nitrogens is 3. The van der Waals surface area contributed by atoms with Gasteiger partial charge in [0.15, 0.2) is 5.82 Å². The van der Waals surface area contributed by atoms with E-state index in [1.807, 2.05) is 13.1 Å². The first kappa shape index (κ1) is 15.9. The summed E-state index contributed by atoms with van der Waals surface area (Å²) in [7, 11) is 1.82. The van der Waals surface area contributed by atoms with E-state index in [0.29, 0.717) is 24.5 Å². The van der Waals surface area contributed by atoms with E-state index in [2.05, 4.69) is 22.1 Å². The van der Waals surface area contributed by atoms with Crippen molar-refractivity contribution >= 4 is 17.5 Å². The van der Waals surface area contributed by atoms with Gasteiger partial charge in [-0.05, 0) is 36.6 Å². The Hall–Kier alpha value is -2.96. The molecule has 7 nitrogen and oxygen atoms in total. The quantitative estimate of drug-likeness (QED) is 0.857. The smallest absolute Gasteiger partial charge is 0.252 e. The second-order valence-corrected chi connectivity index (χ2v) is 5.64. The van der Waals surface area contributed by atoms with Gasteiger partial charge in [0.05, 0.1) is 6.54 Å². The molecular formula is C17H19N5O2. The number of benzene rings is 1. The fourth-order valence-corrected chi connectivity index (χ4v) is 2.90. The molecule has 1 aromatic carbocycles. The van der Waals surface area contributed by atoms with E-state index >= 15 is 0 Å². The summed E-state index contributed by atoms with van der Waals surface area (Å²) in [6.45, 7) is 4.49. The molecule has 1 aromatic heterocycles. The molecule has 1 aliphatic heterocycles. The van der Waals surface area contributed by atoms with Gasteiger partial charge >= 0.3 is 0 Å². The summed E-state index contributed by atoms with van der Waals surface area (Å²) in [4.78, 5) is 26.3. The molecule has 7 heteroatoms.